The van der Waals surface area contributed by atoms with Crippen molar-refractivity contribution in [1.29, 1.82) is 0 Å². The molecule has 68 valence electrons. The molecule has 0 aliphatic carbocycles. The number of nitrogens with one attached hydrogen (secondary N) is 1. The Hall–Kier alpha value is -0.610. The van der Waals surface area contributed by atoms with E-state index in [0.717, 1.165) is 16.9 Å². The molecule has 0 amide bonds. The average molecular weight is 211 g/mol. The van der Waals surface area contributed by atoms with Gasteiger partial charge in [0.1, 0.15) is 0 Å². The van der Waals surface area contributed by atoms with E-state index in [1.54, 1.807) is 11.8 Å². The van der Waals surface area contributed by atoms with Crippen LogP contribution in [0.25, 0.3) is 0 Å². The zero-order chi connectivity index (χ0) is 9.31. The number of rotatable bonds is 2. The van der Waals surface area contributed by atoms with E-state index in [-0.39, 0.29) is 0 Å². The number of carbonyl (C=O) groups is 1. The molecular formula is C9H9NOS2. The van der Waals surface area contributed by atoms with Gasteiger partial charge in [-0.1, -0.05) is 23.9 Å². The van der Waals surface area contributed by atoms with Crippen LogP contribution >= 0.6 is 23.5 Å². The van der Waals surface area contributed by atoms with Gasteiger partial charge in [0, 0.05) is 10.6 Å². The molecule has 4 heteroatoms. The number of para-hydroxylation sites is 1. The topological polar surface area (TPSA) is 29.1 Å². The first-order chi connectivity index (χ1) is 6.29. The van der Waals surface area contributed by atoms with Gasteiger partial charge < -0.3 is 5.32 Å². The Labute approximate surface area is 85.5 Å². The van der Waals surface area contributed by atoms with Gasteiger partial charge in [0.05, 0.1) is 0 Å². The SMILES string of the molecule is CSC1(C=O)Nc2ccccc2S1. The number of carbonyl (C=O) groups excluding carboxylic acids is 1. The van der Waals surface area contributed by atoms with E-state index >= 15 is 0 Å². The molecule has 0 aromatic heterocycles. The molecule has 1 atom stereocenters. The Bertz CT molecular complexity index is 315. The summed E-state index contributed by atoms with van der Waals surface area (Å²) in [7, 11) is 0. The molecule has 13 heavy (non-hydrogen) atoms. The van der Waals surface area contributed by atoms with E-state index in [1.807, 2.05) is 30.5 Å². The number of hydrogen-bond acceptors (Lipinski definition) is 4. The number of thioether (sulfide) groups is 2. The summed E-state index contributed by atoms with van der Waals surface area (Å²) < 4.78 is -0.510. The molecule has 1 aromatic carbocycles. The zero-order valence-corrected chi connectivity index (χ0v) is 8.74. The molecule has 0 bridgehead atoms. The molecule has 0 saturated heterocycles. The molecule has 2 nitrogen and oxygen atoms in total. The number of hydrogen-bond donors (Lipinski definition) is 1. The second kappa shape index (κ2) is 3.27. The van der Waals surface area contributed by atoms with Crippen LogP contribution in [0.2, 0.25) is 0 Å². The monoisotopic (exact) mass is 211 g/mol. The van der Waals surface area contributed by atoms with E-state index in [4.69, 9.17) is 0 Å². The maximum absolute atomic E-state index is 10.9. The highest BCUT2D eigenvalue weighted by molar-refractivity contribution is 8.19. The Morgan fingerprint density at radius 1 is 1.54 bits per heavy atom. The van der Waals surface area contributed by atoms with Gasteiger partial charge in [-0.2, -0.15) is 0 Å². The molecule has 0 fully saturated rings. The number of fused-ring (bicyclic) bond motifs is 1. The molecule has 0 radical (unpaired) electrons. The van der Waals surface area contributed by atoms with Crippen LogP contribution in [-0.2, 0) is 4.79 Å². The summed E-state index contributed by atoms with van der Waals surface area (Å²) in [5, 5.41) is 3.21. The van der Waals surface area contributed by atoms with E-state index in [1.165, 1.54) is 11.8 Å². The maximum atomic E-state index is 10.9. The Morgan fingerprint density at radius 2 is 2.31 bits per heavy atom. The van der Waals surface area contributed by atoms with Gasteiger partial charge in [-0.25, -0.2) is 0 Å². The molecule has 1 unspecified atom stereocenters. The van der Waals surface area contributed by atoms with Crippen molar-refractivity contribution in [3.05, 3.63) is 24.3 Å². The molecular weight excluding hydrogens is 202 g/mol. The second-order valence-corrected chi connectivity index (χ2v) is 5.31. The molecule has 2 rings (SSSR count). The van der Waals surface area contributed by atoms with Crippen LogP contribution in [0.1, 0.15) is 0 Å². The second-order valence-electron chi connectivity index (χ2n) is 2.71. The van der Waals surface area contributed by atoms with Crippen LogP contribution in [0.15, 0.2) is 29.2 Å². The molecule has 1 N–H and O–H groups in total. The van der Waals surface area contributed by atoms with E-state index in [2.05, 4.69) is 5.32 Å². The third kappa shape index (κ3) is 1.44. The van der Waals surface area contributed by atoms with Crippen molar-refractivity contribution in [3.8, 4) is 0 Å². The standard InChI is InChI=1S/C9H9NOS2/c1-12-9(6-11)10-7-4-2-3-5-8(7)13-9/h2-6,10H,1H3. The zero-order valence-electron chi connectivity index (χ0n) is 7.11. The lowest BCUT2D eigenvalue weighted by Gasteiger charge is -2.18. The Kier molecular flexibility index (Phi) is 2.26. The lowest BCUT2D eigenvalue weighted by molar-refractivity contribution is -0.107. The first-order valence-corrected chi connectivity index (χ1v) is 5.91. The lowest BCUT2D eigenvalue weighted by Crippen LogP contribution is -2.27. The summed E-state index contributed by atoms with van der Waals surface area (Å²) in [6.07, 6.45) is 2.89. The average Bonchev–Trinajstić information content (AvgIpc) is 2.57. The molecule has 0 spiro atoms. The number of benzene rings is 1. The highest BCUT2D eigenvalue weighted by Gasteiger charge is 2.36. The third-order valence-electron chi connectivity index (χ3n) is 1.92. The van der Waals surface area contributed by atoms with E-state index < -0.39 is 4.20 Å². The first-order valence-electron chi connectivity index (χ1n) is 3.87. The summed E-state index contributed by atoms with van der Waals surface area (Å²) in [6.45, 7) is 0. The normalized spacial score (nSPS) is 25.0. The fraction of sp³-hybridized carbons (Fsp3) is 0.222. The molecule has 1 aliphatic rings. The van der Waals surface area contributed by atoms with Crippen LogP contribution < -0.4 is 5.32 Å². The summed E-state index contributed by atoms with van der Waals surface area (Å²) in [5.41, 5.74) is 1.05. The van der Waals surface area contributed by atoms with Crippen molar-refractivity contribution in [1.82, 2.24) is 0 Å². The third-order valence-corrected chi connectivity index (χ3v) is 4.55. The van der Waals surface area contributed by atoms with Gasteiger partial charge in [0.25, 0.3) is 0 Å². The number of anilines is 1. The largest absolute Gasteiger partial charge is 0.355 e. The summed E-state index contributed by atoms with van der Waals surface area (Å²) in [6, 6.07) is 7.96. The summed E-state index contributed by atoms with van der Waals surface area (Å²) in [5.74, 6) is 0. The fourth-order valence-corrected chi connectivity index (χ4v) is 3.05. The fourth-order valence-electron chi connectivity index (χ4n) is 1.23. The van der Waals surface area contributed by atoms with E-state index in [0.29, 0.717) is 0 Å². The van der Waals surface area contributed by atoms with Crippen molar-refractivity contribution in [2.45, 2.75) is 9.10 Å². The van der Waals surface area contributed by atoms with Gasteiger partial charge in [0.2, 0.25) is 0 Å². The van der Waals surface area contributed by atoms with Crippen molar-refractivity contribution in [3.63, 3.8) is 0 Å². The van der Waals surface area contributed by atoms with Crippen molar-refractivity contribution >= 4 is 35.5 Å². The Balaban J connectivity index is 2.35. The lowest BCUT2D eigenvalue weighted by atomic mass is 10.3. The minimum Gasteiger partial charge on any atom is -0.355 e. The van der Waals surface area contributed by atoms with Crippen LogP contribution in [-0.4, -0.2) is 16.7 Å². The maximum Gasteiger partial charge on any atom is 0.192 e. The van der Waals surface area contributed by atoms with Gasteiger partial charge >= 0.3 is 0 Å². The van der Waals surface area contributed by atoms with E-state index in [9.17, 15) is 4.79 Å². The van der Waals surface area contributed by atoms with Gasteiger partial charge in [-0.3, -0.25) is 4.79 Å². The van der Waals surface area contributed by atoms with Gasteiger partial charge in [0.15, 0.2) is 10.5 Å². The molecule has 1 aromatic rings. The minimum atomic E-state index is -0.510. The van der Waals surface area contributed by atoms with Crippen molar-refractivity contribution < 1.29 is 4.79 Å². The van der Waals surface area contributed by atoms with Gasteiger partial charge in [-0.15, -0.1) is 11.8 Å². The van der Waals surface area contributed by atoms with Crippen LogP contribution in [0.3, 0.4) is 0 Å². The Morgan fingerprint density at radius 3 is 2.92 bits per heavy atom. The first kappa shape index (κ1) is 8.97. The van der Waals surface area contributed by atoms with Crippen LogP contribution in [0, 0.1) is 0 Å². The predicted octanol–water partition coefficient (Wildman–Crippen LogP) is 2.42. The van der Waals surface area contributed by atoms with Crippen LogP contribution in [0.5, 0.6) is 0 Å². The summed E-state index contributed by atoms with van der Waals surface area (Å²) >= 11 is 3.09. The molecule has 1 heterocycles. The van der Waals surface area contributed by atoms with Crippen molar-refractivity contribution in [2.24, 2.45) is 0 Å². The molecule has 1 aliphatic heterocycles. The predicted molar refractivity (Wildman–Crippen MR) is 58.2 cm³/mol. The summed E-state index contributed by atoms with van der Waals surface area (Å²) in [4.78, 5) is 12.1. The highest BCUT2D eigenvalue weighted by Crippen LogP contribution is 2.48. The highest BCUT2D eigenvalue weighted by atomic mass is 32.2. The van der Waals surface area contributed by atoms with Crippen LogP contribution in [0.4, 0.5) is 5.69 Å². The number of aldehydes is 1. The quantitative estimate of drug-likeness (QED) is 0.761. The van der Waals surface area contributed by atoms with Gasteiger partial charge in [-0.05, 0) is 18.4 Å². The van der Waals surface area contributed by atoms with Crippen molar-refractivity contribution in [2.75, 3.05) is 11.6 Å². The minimum absolute atomic E-state index is 0.510. The smallest absolute Gasteiger partial charge is 0.192 e. The molecule has 0 saturated carbocycles.